The third kappa shape index (κ3) is 2.92. The molecule has 1 N–H and O–H groups in total. The van der Waals surface area contributed by atoms with Crippen LogP contribution in [-0.2, 0) is 13.0 Å². The molecule has 0 amide bonds. The van der Waals surface area contributed by atoms with Gasteiger partial charge in [0.05, 0.1) is 12.3 Å². The maximum absolute atomic E-state index is 9.62. The Hall–Kier alpha value is -1.76. The Bertz CT molecular complexity index is 493. The number of aryl methyl sites for hydroxylation is 1. The lowest BCUT2D eigenvalue weighted by Crippen LogP contribution is -2.01. The highest BCUT2D eigenvalue weighted by molar-refractivity contribution is 4.98. The van der Waals surface area contributed by atoms with E-state index >= 15 is 0 Å². The maximum atomic E-state index is 9.62. The van der Waals surface area contributed by atoms with E-state index in [4.69, 9.17) is 4.52 Å². The minimum atomic E-state index is -0.572. The van der Waals surface area contributed by atoms with Crippen molar-refractivity contribution in [2.75, 3.05) is 0 Å². The minimum absolute atomic E-state index is 0.375. The molecule has 0 saturated carbocycles. The molecule has 2 heterocycles. The van der Waals surface area contributed by atoms with Crippen LogP contribution in [0.3, 0.4) is 0 Å². The largest absolute Gasteiger partial charge is 0.387 e. The number of aliphatic hydroxyl groups excluding tert-OH is 1. The third-order valence-electron chi connectivity index (χ3n) is 2.57. The van der Waals surface area contributed by atoms with Crippen LogP contribution in [0.5, 0.6) is 0 Å². The first-order valence-electron chi connectivity index (χ1n) is 6.12. The summed E-state index contributed by atoms with van der Waals surface area (Å²) in [5, 5.41) is 21.3. The summed E-state index contributed by atoms with van der Waals surface area (Å²) in [6.45, 7) is 4.32. The van der Waals surface area contributed by atoms with Crippen LogP contribution in [0.2, 0.25) is 0 Å². The van der Waals surface area contributed by atoms with Gasteiger partial charge in [0.1, 0.15) is 12.2 Å². The lowest BCUT2D eigenvalue weighted by Gasteiger charge is -2.00. The van der Waals surface area contributed by atoms with Crippen LogP contribution in [0.15, 0.2) is 10.7 Å². The Labute approximate surface area is 105 Å². The molecular formula is C11H17N5O2. The van der Waals surface area contributed by atoms with Crippen LogP contribution in [-0.4, -0.2) is 30.2 Å². The minimum Gasteiger partial charge on any atom is -0.387 e. The van der Waals surface area contributed by atoms with Crippen molar-refractivity contribution in [3.63, 3.8) is 0 Å². The van der Waals surface area contributed by atoms with Crippen LogP contribution in [0.25, 0.3) is 0 Å². The van der Waals surface area contributed by atoms with E-state index in [1.54, 1.807) is 10.9 Å². The SMILES string of the molecule is CCCc1noc(Cn2cc(C(O)CC)nn2)n1. The smallest absolute Gasteiger partial charge is 0.248 e. The molecule has 0 radical (unpaired) electrons. The molecule has 2 aromatic heterocycles. The van der Waals surface area contributed by atoms with Gasteiger partial charge in [0.25, 0.3) is 0 Å². The monoisotopic (exact) mass is 251 g/mol. The summed E-state index contributed by atoms with van der Waals surface area (Å²) in [5.41, 5.74) is 0.561. The second-order valence-corrected chi connectivity index (χ2v) is 4.12. The molecule has 0 aliphatic rings. The van der Waals surface area contributed by atoms with Crippen molar-refractivity contribution in [1.29, 1.82) is 0 Å². The molecular weight excluding hydrogens is 234 g/mol. The third-order valence-corrected chi connectivity index (χ3v) is 2.57. The zero-order valence-electron chi connectivity index (χ0n) is 10.6. The molecule has 1 atom stereocenters. The first kappa shape index (κ1) is 12.7. The summed E-state index contributed by atoms with van der Waals surface area (Å²) >= 11 is 0. The molecule has 0 spiro atoms. The highest BCUT2D eigenvalue weighted by atomic mass is 16.5. The van der Waals surface area contributed by atoms with E-state index in [1.807, 2.05) is 6.92 Å². The molecule has 1 unspecified atom stereocenters. The molecule has 0 bridgehead atoms. The summed E-state index contributed by atoms with van der Waals surface area (Å²) in [6.07, 6.45) is 3.52. The first-order chi connectivity index (χ1) is 8.72. The Morgan fingerprint density at radius 3 is 3.00 bits per heavy atom. The number of nitrogens with zero attached hydrogens (tertiary/aromatic N) is 5. The highest BCUT2D eigenvalue weighted by Crippen LogP contribution is 2.12. The van der Waals surface area contributed by atoms with Gasteiger partial charge in [-0.3, -0.25) is 0 Å². The van der Waals surface area contributed by atoms with E-state index in [9.17, 15) is 5.11 Å². The average molecular weight is 251 g/mol. The molecule has 0 saturated heterocycles. The van der Waals surface area contributed by atoms with Gasteiger partial charge in [0.2, 0.25) is 5.89 Å². The van der Waals surface area contributed by atoms with E-state index in [2.05, 4.69) is 27.4 Å². The molecule has 0 aliphatic carbocycles. The van der Waals surface area contributed by atoms with Gasteiger partial charge in [-0.1, -0.05) is 24.2 Å². The van der Waals surface area contributed by atoms with Gasteiger partial charge in [0, 0.05) is 6.42 Å². The predicted octanol–water partition coefficient (Wildman–Crippen LogP) is 1.11. The van der Waals surface area contributed by atoms with Gasteiger partial charge in [-0.05, 0) is 12.8 Å². The molecule has 7 heteroatoms. The fourth-order valence-electron chi connectivity index (χ4n) is 1.57. The van der Waals surface area contributed by atoms with Crippen molar-refractivity contribution in [1.82, 2.24) is 25.1 Å². The van der Waals surface area contributed by atoms with E-state index < -0.39 is 6.10 Å². The lowest BCUT2D eigenvalue weighted by atomic mass is 10.2. The molecule has 0 fully saturated rings. The topological polar surface area (TPSA) is 89.9 Å². The van der Waals surface area contributed by atoms with Gasteiger partial charge in [-0.2, -0.15) is 4.98 Å². The van der Waals surface area contributed by atoms with Gasteiger partial charge in [0.15, 0.2) is 5.82 Å². The molecule has 7 nitrogen and oxygen atoms in total. The molecule has 98 valence electrons. The summed E-state index contributed by atoms with van der Waals surface area (Å²) in [7, 11) is 0. The summed E-state index contributed by atoms with van der Waals surface area (Å²) in [6, 6.07) is 0. The maximum Gasteiger partial charge on any atom is 0.248 e. The zero-order valence-corrected chi connectivity index (χ0v) is 10.6. The van der Waals surface area contributed by atoms with Crippen molar-refractivity contribution >= 4 is 0 Å². The van der Waals surface area contributed by atoms with Crippen LogP contribution in [0, 0.1) is 0 Å². The molecule has 18 heavy (non-hydrogen) atoms. The predicted molar refractivity (Wildman–Crippen MR) is 62.7 cm³/mol. The number of rotatable bonds is 6. The zero-order chi connectivity index (χ0) is 13.0. The van der Waals surface area contributed by atoms with Gasteiger partial charge >= 0.3 is 0 Å². The Balaban J connectivity index is 2.01. The number of hydrogen-bond acceptors (Lipinski definition) is 6. The number of aromatic nitrogens is 5. The van der Waals surface area contributed by atoms with E-state index in [-0.39, 0.29) is 0 Å². The summed E-state index contributed by atoms with van der Waals surface area (Å²) in [5.74, 6) is 1.21. The Kier molecular flexibility index (Phi) is 4.03. The fourth-order valence-corrected chi connectivity index (χ4v) is 1.57. The average Bonchev–Trinajstić information content (AvgIpc) is 2.99. The molecule has 0 aromatic carbocycles. The standard InChI is InChI=1S/C11H17N5O2/c1-3-5-10-12-11(18-14-10)7-16-6-8(13-15-16)9(17)4-2/h6,9,17H,3-5,7H2,1-2H3. The van der Waals surface area contributed by atoms with Crippen molar-refractivity contribution in [3.05, 3.63) is 23.6 Å². The molecule has 2 aromatic rings. The second-order valence-electron chi connectivity index (χ2n) is 4.12. The van der Waals surface area contributed by atoms with Gasteiger partial charge in [-0.15, -0.1) is 5.10 Å². The Morgan fingerprint density at radius 1 is 1.44 bits per heavy atom. The van der Waals surface area contributed by atoms with Crippen molar-refractivity contribution in [2.45, 2.75) is 45.8 Å². The van der Waals surface area contributed by atoms with Crippen LogP contribution in [0.1, 0.15) is 50.2 Å². The van der Waals surface area contributed by atoms with Gasteiger partial charge < -0.3 is 9.63 Å². The van der Waals surface area contributed by atoms with E-state index in [0.29, 0.717) is 30.4 Å². The van der Waals surface area contributed by atoms with Crippen LogP contribution < -0.4 is 0 Å². The van der Waals surface area contributed by atoms with Gasteiger partial charge in [-0.25, -0.2) is 4.68 Å². The normalized spacial score (nSPS) is 12.8. The lowest BCUT2D eigenvalue weighted by molar-refractivity contribution is 0.168. The summed E-state index contributed by atoms with van der Waals surface area (Å²) < 4.78 is 6.69. The second kappa shape index (κ2) is 5.72. The Morgan fingerprint density at radius 2 is 2.28 bits per heavy atom. The van der Waals surface area contributed by atoms with Crippen LogP contribution >= 0.6 is 0 Å². The highest BCUT2D eigenvalue weighted by Gasteiger charge is 2.12. The molecule has 0 aliphatic heterocycles. The number of aliphatic hydroxyl groups is 1. The molecule has 2 rings (SSSR count). The fraction of sp³-hybridized carbons (Fsp3) is 0.636. The first-order valence-corrected chi connectivity index (χ1v) is 6.12. The van der Waals surface area contributed by atoms with Crippen molar-refractivity contribution < 1.29 is 9.63 Å². The summed E-state index contributed by atoms with van der Waals surface area (Å²) in [4.78, 5) is 4.24. The number of hydrogen-bond donors (Lipinski definition) is 1. The quantitative estimate of drug-likeness (QED) is 0.827. The van der Waals surface area contributed by atoms with Crippen LogP contribution in [0.4, 0.5) is 0 Å². The van der Waals surface area contributed by atoms with E-state index in [0.717, 1.165) is 12.8 Å². The van der Waals surface area contributed by atoms with Crippen molar-refractivity contribution in [2.24, 2.45) is 0 Å². The van der Waals surface area contributed by atoms with E-state index in [1.165, 1.54) is 0 Å². The van der Waals surface area contributed by atoms with Crippen molar-refractivity contribution in [3.8, 4) is 0 Å².